The van der Waals surface area contributed by atoms with Crippen LogP contribution >= 0.6 is 34.8 Å². The molecule has 0 aromatic heterocycles. The van der Waals surface area contributed by atoms with Crippen LogP contribution in [0.3, 0.4) is 0 Å². The standard InChI is InChI=1S/C18H17Cl3N2O2/c19-14-3-1-2-12(10-14)6-8-22-17(24)18(25)23-9-7-13-4-5-15(20)11-16(13)21/h1-5,10-11H,6-9H2,(H,22,24)(H,23,25). The van der Waals surface area contributed by atoms with Crippen molar-refractivity contribution in [3.05, 3.63) is 68.7 Å². The molecule has 0 heterocycles. The van der Waals surface area contributed by atoms with Crippen LogP contribution in [0, 0.1) is 0 Å². The molecule has 0 atom stereocenters. The van der Waals surface area contributed by atoms with Crippen LogP contribution in [-0.4, -0.2) is 24.9 Å². The van der Waals surface area contributed by atoms with Crippen molar-refractivity contribution >= 4 is 46.6 Å². The van der Waals surface area contributed by atoms with Crippen molar-refractivity contribution in [3.8, 4) is 0 Å². The van der Waals surface area contributed by atoms with Crippen molar-refractivity contribution in [2.75, 3.05) is 13.1 Å². The van der Waals surface area contributed by atoms with Gasteiger partial charge in [-0.25, -0.2) is 0 Å². The highest BCUT2D eigenvalue weighted by molar-refractivity contribution is 6.35. The first-order valence-corrected chi connectivity index (χ1v) is 8.83. The van der Waals surface area contributed by atoms with E-state index in [-0.39, 0.29) is 0 Å². The maximum Gasteiger partial charge on any atom is 0.309 e. The van der Waals surface area contributed by atoms with E-state index < -0.39 is 11.8 Å². The Morgan fingerprint density at radius 2 is 1.44 bits per heavy atom. The Labute approximate surface area is 161 Å². The van der Waals surface area contributed by atoms with Crippen LogP contribution in [0.15, 0.2) is 42.5 Å². The fourth-order valence-electron chi connectivity index (χ4n) is 2.21. The van der Waals surface area contributed by atoms with Gasteiger partial charge in [-0.2, -0.15) is 0 Å². The Morgan fingerprint density at radius 1 is 0.800 bits per heavy atom. The lowest BCUT2D eigenvalue weighted by Gasteiger charge is -2.08. The lowest BCUT2D eigenvalue weighted by molar-refractivity contribution is -0.139. The molecular formula is C18H17Cl3N2O2. The molecule has 0 saturated heterocycles. The smallest absolute Gasteiger partial charge is 0.309 e. The van der Waals surface area contributed by atoms with Crippen LogP contribution in [-0.2, 0) is 22.4 Å². The monoisotopic (exact) mass is 398 g/mol. The van der Waals surface area contributed by atoms with E-state index in [0.717, 1.165) is 11.1 Å². The first-order valence-electron chi connectivity index (χ1n) is 7.70. The molecule has 2 rings (SSSR count). The number of carbonyl (C=O) groups excluding carboxylic acids is 2. The summed E-state index contributed by atoms with van der Waals surface area (Å²) in [5.74, 6) is -1.33. The average molecular weight is 400 g/mol. The van der Waals surface area contributed by atoms with E-state index in [1.54, 1.807) is 24.3 Å². The van der Waals surface area contributed by atoms with Crippen LogP contribution < -0.4 is 10.6 Å². The highest BCUT2D eigenvalue weighted by Gasteiger charge is 2.12. The number of halogens is 3. The second-order valence-electron chi connectivity index (χ2n) is 5.38. The third-order valence-electron chi connectivity index (χ3n) is 3.49. The molecule has 0 aliphatic heterocycles. The molecule has 2 N–H and O–H groups in total. The van der Waals surface area contributed by atoms with E-state index in [9.17, 15) is 9.59 Å². The predicted octanol–water partition coefficient (Wildman–Crippen LogP) is 3.66. The summed E-state index contributed by atoms with van der Waals surface area (Å²) in [7, 11) is 0. The number of rotatable bonds is 6. The fourth-order valence-corrected chi connectivity index (χ4v) is 2.92. The minimum Gasteiger partial charge on any atom is -0.348 e. The van der Waals surface area contributed by atoms with Crippen LogP contribution in [0.4, 0.5) is 0 Å². The lowest BCUT2D eigenvalue weighted by atomic mass is 10.1. The van der Waals surface area contributed by atoms with Gasteiger partial charge in [-0.05, 0) is 48.2 Å². The first kappa shape index (κ1) is 19.6. The molecule has 4 nitrogen and oxygen atoms in total. The molecular weight excluding hydrogens is 383 g/mol. The molecule has 0 bridgehead atoms. The van der Waals surface area contributed by atoms with Gasteiger partial charge in [-0.15, -0.1) is 0 Å². The van der Waals surface area contributed by atoms with Crippen molar-refractivity contribution in [3.63, 3.8) is 0 Å². The molecule has 0 aliphatic rings. The number of nitrogens with one attached hydrogen (secondary N) is 2. The molecule has 25 heavy (non-hydrogen) atoms. The number of amides is 2. The molecule has 0 radical (unpaired) electrons. The molecule has 132 valence electrons. The highest BCUT2D eigenvalue weighted by Crippen LogP contribution is 2.21. The largest absolute Gasteiger partial charge is 0.348 e. The topological polar surface area (TPSA) is 58.2 Å². The van der Waals surface area contributed by atoms with Gasteiger partial charge >= 0.3 is 11.8 Å². The Kier molecular flexibility index (Phi) is 7.56. The summed E-state index contributed by atoms with van der Waals surface area (Å²) in [5, 5.41) is 6.88. The zero-order valence-electron chi connectivity index (χ0n) is 13.3. The maximum atomic E-state index is 11.8. The molecule has 0 spiro atoms. The summed E-state index contributed by atoms with van der Waals surface area (Å²) in [6, 6.07) is 12.5. The lowest BCUT2D eigenvalue weighted by Crippen LogP contribution is -2.41. The minimum absolute atomic E-state index is 0.307. The van der Waals surface area contributed by atoms with Crippen molar-refractivity contribution in [1.29, 1.82) is 0 Å². The van der Waals surface area contributed by atoms with E-state index in [2.05, 4.69) is 10.6 Å². The molecule has 7 heteroatoms. The predicted molar refractivity (Wildman–Crippen MR) is 101 cm³/mol. The van der Waals surface area contributed by atoms with Gasteiger partial charge in [0.1, 0.15) is 0 Å². The second kappa shape index (κ2) is 9.66. The number of hydrogen-bond donors (Lipinski definition) is 2. The normalized spacial score (nSPS) is 10.4. The molecule has 0 fully saturated rings. The zero-order chi connectivity index (χ0) is 18.2. The molecule has 2 aromatic rings. The third-order valence-corrected chi connectivity index (χ3v) is 4.31. The average Bonchev–Trinajstić information content (AvgIpc) is 2.56. The van der Waals surface area contributed by atoms with Gasteiger partial charge in [0.15, 0.2) is 0 Å². The Bertz CT molecular complexity index is 766. The minimum atomic E-state index is -0.670. The summed E-state index contributed by atoms with van der Waals surface area (Å²) in [5.41, 5.74) is 1.85. The Morgan fingerprint density at radius 3 is 2.08 bits per heavy atom. The van der Waals surface area contributed by atoms with Crippen molar-refractivity contribution in [2.45, 2.75) is 12.8 Å². The van der Waals surface area contributed by atoms with Crippen LogP contribution in [0.2, 0.25) is 15.1 Å². The number of benzene rings is 2. The summed E-state index contributed by atoms with van der Waals surface area (Å²) in [6.07, 6.45) is 1.11. The van der Waals surface area contributed by atoms with E-state index in [1.807, 2.05) is 18.2 Å². The summed E-state index contributed by atoms with van der Waals surface area (Å²) >= 11 is 17.8. The van der Waals surface area contributed by atoms with Crippen molar-refractivity contribution < 1.29 is 9.59 Å². The molecule has 0 saturated carbocycles. The third kappa shape index (κ3) is 6.58. The van der Waals surface area contributed by atoms with Gasteiger partial charge in [-0.1, -0.05) is 53.0 Å². The van der Waals surface area contributed by atoms with Gasteiger partial charge in [0.2, 0.25) is 0 Å². The zero-order valence-corrected chi connectivity index (χ0v) is 15.6. The first-order chi connectivity index (χ1) is 12.0. The van der Waals surface area contributed by atoms with Gasteiger partial charge in [0.05, 0.1) is 0 Å². The molecule has 2 amide bonds. The van der Waals surface area contributed by atoms with E-state index >= 15 is 0 Å². The SMILES string of the molecule is O=C(NCCc1cccc(Cl)c1)C(=O)NCCc1ccc(Cl)cc1Cl. The fraction of sp³-hybridized carbons (Fsp3) is 0.222. The van der Waals surface area contributed by atoms with Crippen LogP contribution in [0.1, 0.15) is 11.1 Å². The maximum absolute atomic E-state index is 11.8. The van der Waals surface area contributed by atoms with Gasteiger partial charge in [0.25, 0.3) is 0 Å². The summed E-state index contributed by atoms with van der Waals surface area (Å²) in [4.78, 5) is 23.5. The molecule has 2 aromatic carbocycles. The van der Waals surface area contributed by atoms with Gasteiger partial charge in [0, 0.05) is 28.2 Å². The second-order valence-corrected chi connectivity index (χ2v) is 6.66. The van der Waals surface area contributed by atoms with Gasteiger partial charge < -0.3 is 10.6 Å². The number of hydrogen-bond acceptors (Lipinski definition) is 2. The van der Waals surface area contributed by atoms with Crippen LogP contribution in [0.25, 0.3) is 0 Å². The van der Waals surface area contributed by atoms with Gasteiger partial charge in [-0.3, -0.25) is 9.59 Å². The molecule has 0 unspecified atom stereocenters. The number of carbonyl (C=O) groups is 2. The quantitative estimate of drug-likeness (QED) is 0.728. The highest BCUT2D eigenvalue weighted by atomic mass is 35.5. The van der Waals surface area contributed by atoms with Crippen molar-refractivity contribution in [1.82, 2.24) is 10.6 Å². The molecule has 0 aliphatic carbocycles. The Balaban J connectivity index is 1.70. The van der Waals surface area contributed by atoms with Crippen LogP contribution in [0.5, 0.6) is 0 Å². The summed E-state index contributed by atoms with van der Waals surface area (Å²) < 4.78 is 0. The Hall–Kier alpha value is -1.75. The van der Waals surface area contributed by atoms with E-state index in [4.69, 9.17) is 34.8 Å². The van der Waals surface area contributed by atoms with Crippen molar-refractivity contribution in [2.24, 2.45) is 0 Å². The summed E-state index contributed by atoms with van der Waals surface area (Å²) in [6.45, 7) is 0.664. The van der Waals surface area contributed by atoms with E-state index in [0.29, 0.717) is 41.0 Å². The van der Waals surface area contributed by atoms with E-state index in [1.165, 1.54) is 0 Å².